The fourth-order valence-corrected chi connectivity index (χ4v) is 2.39. The smallest absolute Gasteiger partial charge is 0.154 e. The number of allylic oxidation sites excluding steroid dienone is 2. The highest BCUT2D eigenvalue weighted by molar-refractivity contribution is 5.31. The lowest BCUT2D eigenvalue weighted by atomic mass is 10.1. The maximum absolute atomic E-state index is 4.68. The number of hydrogen-bond acceptors (Lipinski definition) is 3. The Kier molecular flexibility index (Phi) is 2.24. The van der Waals surface area contributed by atoms with Crippen molar-refractivity contribution in [3.8, 4) is 0 Å². The summed E-state index contributed by atoms with van der Waals surface area (Å²) in [4.78, 5) is 9.29. The van der Waals surface area contributed by atoms with E-state index >= 15 is 0 Å². The van der Waals surface area contributed by atoms with E-state index in [0.29, 0.717) is 0 Å². The zero-order valence-corrected chi connectivity index (χ0v) is 9.40. The summed E-state index contributed by atoms with van der Waals surface area (Å²) in [6.07, 6.45) is 11.5. The van der Waals surface area contributed by atoms with Gasteiger partial charge in [0.2, 0.25) is 0 Å². The van der Waals surface area contributed by atoms with Crippen molar-refractivity contribution in [2.45, 2.75) is 32.2 Å². The first kappa shape index (κ1) is 9.58. The number of fused-ring (bicyclic) bond motifs is 1. The molecule has 1 aliphatic carbocycles. The molecular formula is C13H15N3. The van der Waals surface area contributed by atoms with Crippen LogP contribution in [-0.2, 0) is 12.8 Å². The molecule has 82 valence electrons. The maximum atomic E-state index is 4.68. The van der Waals surface area contributed by atoms with Gasteiger partial charge in [0, 0.05) is 11.4 Å². The standard InChI is InChI=1S/C13H15N3/c1-9-10-5-4-7-11(10)16-13(15-9)12-6-2-3-8-14-12/h2-3,6,8,12,14H,4-5,7H2,1H3. The predicted octanol–water partition coefficient (Wildman–Crippen LogP) is 1.99. The van der Waals surface area contributed by atoms with Crippen LogP contribution < -0.4 is 5.32 Å². The van der Waals surface area contributed by atoms with Crippen LogP contribution >= 0.6 is 0 Å². The van der Waals surface area contributed by atoms with Gasteiger partial charge in [-0.3, -0.25) is 0 Å². The fourth-order valence-electron chi connectivity index (χ4n) is 2.39. The Balaban J connectivity index is 1.99. The van der Waals surface area contributed by atoms with Crippen LogP contribution in [-0.4, -0.2) is 9.97 Å². The second-order valence-electron chi connectivity index (χ2n) is 4.33. The average Bonchev–Trinajstić information content (AvgIpc) is 2.79. The number of aromatic nitrogens is 2. The first-order valence-electron chi connectivity index (χ1n) is 5.80. The minimum atomic E-state index is 0.134. The van der Waals surface area contributed by atoms with Crippen LogP contribution in [0.5, 0.6) is 0 Å². The third kappa shape index (κ3) is 1.52. The van der Waals surface area contributed by atoms with Gasteiger partial charge in [0.25, 0.3) is 0 Å². The summed E-state index contributed by atoms with van der Waals surface area (Å²) >= 11 is 0. The minimum absolute atomic E-state index is 0.134. The molecule has 16 heavy (non-hydrogen) atoms. The summed E-state index contributed by atoms with van der Waals surface area (Å²) in [5.41, 5.74) is 3.79. The van der Waals surface area contributed by atoms with E-state index in [4.69, 9.17) is 0 Å². The Morgan fingerprint density at radius 1 is 1.25 bits per heavy atom. The van der Waals surface area contributed by atoms with Crippen molar-refractivity contribution in [1.82, 2.24) is 15.3 Å². The molecule has 3 rings (SSSR count). The molecule has 2 aliphatic rings. The van der Waals surface area contributed by atoms with Gasteiger partial charge in [-0.05, 0) is 44.0 Å². The number of rotatable bonds is 1. The molecule has 0 saturated heterocycles. The van der Waals surface area contributed by atoms with Crippen LogP contribution in [0.3, 0.4) is 0 Å². The van der Waals surface area contributed by atoms with Gasteiger partial charge >= 0.3 is 0 Å². The third-order valence-corrected chi connectivity index (χ3v) is 3.22. The van der Waals surface area contributed by atoms with Crippen molar-refractivity contribution >= 4 is 0 Å². The normalized spacial score (nSPS) is 21.9. The van der Waals surface area contributed by atoms with Gasteiger partial charge in [0.05, 0.1) is 0 Å². The van der Waals surface area contributed by atoms with Gasteiger partial charge in [-0.2, -0.15) is 0 Å². The Morgan fingerprint density at radius 3 is 3.00 bits per heavy atom. The zero-order chi connectivity index (χ0) is 11.0. The second-order valence-corrected chi connectivity index (χ2v) is 4.33. The van der Waals surface area contributed by atoms with E-state index in [9.17, 15) is 0 Å². The van der Waals surface area contributed by atoms with E-state index in [-0.39, 0.29) is 6.04 Å². The highest BCUT2D eigenvalue weighted by Crippen LogP contribution is 2.24. The van der Waals surface area contributed by atoms with Crippen LogP contribution in [0.15, 0.2) is 24.4 Å². The first-order chi connectivity index (χ1) is 7.84. The van der Waals surface area contributed by atoms with E-state index in [2.05, 4.69) is 28.3 Å². The lowest BCUT2D eigenvalue weighted by molar-refractivity contribution is 0.679. The lowest BCUT2D eigenvalue weighted by Crippen LogP contribution is -2.19. The third-order valence-electron chi connectivity index (χ3n) is 3.22. The SMILES string of the molecule is Cc1nc(C2C=CC=CN2)nc2c1CCC2. The molecule has 0 spiro atoms. The van der Waals surface area contributed by atoms with E-state index in [1.807, 2.05) is 18.4 Å². The number of aryl methyl sites for hydroxylation is 2. The van der Waals surface area contributed by atoms with Crippen molar-refractivity contribution in [3.05, 3.63) is 47.2 Å². The largest absolute Gasteiger partial charge is 0.378 e. The molecular weight excluding hydrogens is 198 g/mol. The van der Waals surface area contributed by atoms with Crippen LogP contribution in [0.1, 0.15) is 35.2 Å². The maximum Gasteiger partial charge on any atom is 0.154 e. The highest BCUT2D eigenvalue weighted by Gasteiger charge is 2.19. The molecule has 0 amide bonds. The van der Waals surface area contributed by atoms with Crippen molar-refractivity contribution in [2.24, 2.45) is 0 Å². The Labute approximate surface area is 95.3 Å². The van der Waals surface area contributed by atoms with Crippen molar-refractivity contribution in [3.63, 3.8) is 0 Å². The molecule has 0 fully saturated rings. The Morgan fingerprint density at radius 2 is 2.19 bits per heavy atom. The predicted molar refractivity (Wildman–Crippen MR) is 63.0 cm³/mol. The summed E-state index contributed by atoms with van der Waals surface area (Å²) < 4.78 is 0. The van der Waals surface area contributed by atoms with Gasteiger partial charge in [0.15, 0.2) is 5.82 Å². The molecule has 2 heterocycles. The average molecular weight is 213 g/mol. The number of dihydropyridines is 1. The fraction of sp³-hybridized carbons (Fsp3) is 0.385. The van der Waals surface area contributed by atoms with E-state index < -0.39 is 0 Å². The Hall–Kier alpha value is -1.64. The lowest BCUT2D eigenvalue weighted by Gasteiger charge is -2.16. The molecule has 3 heteroatoms. The first-order valence-corrected chi connectivity index (χ1v) is 5.80. The molecule has 0 aromatic carbocycles. The molecule has 1 atom stereocenters. The van der Waals surface area contributed by atoms with Crippen molar-refractivity contribution < 1.29 is 0 Å². The van der Waals surface area contributed by atoms with Gasteiger partial charge in [-0.15, -0.1) is 0 Å². The van der Waals surface area contributed by atoms with Crippen LogP contribution in [0.2, 0.25) is 0 Å². The molecule has 1 aromatic heterocycles. The van der Waals surface area contributed by atoms with Crippen LogP contribution in [0.4, 0.5) is 0 Å². The van der Waals surface area contributed by atoms with Gasteiger partial charge < -0.3 is 5.32 Å². The van der Waals surface area contributed by atoms with Crippen LogP contribution in [0, 0.1) is 6.92 Å². The number of nitrogens with one attached hydrogen (secondary N) is 1. The van der Waals surface area contributed by atoms with E-state index in [1.165, 1.54) is 17.7 Å². The monoisotopic (exact) mass is 213 g/mol. The summed E-state index contributed by atoms with van der Waals surface area (Å²) in [5, 5.41) is 3.26. The van der Waals surface area contributed by atoms with Gasteiger partial charge in [-0.1, -0.05) is 12.2 Å². The molecule has 0 bridgehead atoms. The molecule has 1 aromatic rings. The van der Waals surface area contributed by atoms with E-state index in [0.717, 1.165) is 24.4 Å². The second kappa shape index (κ2) is 3.74. The summed E-state index contributed by atoms with van der Waals surface area (Å²) in [5.74, 6) is 0.902. The van der Waals surface area contributed by atoms with Gasteiger partial charge in [-0.25, -0.2) is 9.97 Å². The molecule has 0 saturated carbocycles. The van der Waals surface area contributed by atoms with Gasteiger partial charge in [0.1, 0.15) is 6.04 Å². The quantitative estimate of drug-likeness (QED) is 0.775. The van der Waals surface area contributed by atoms with Crippen molar-refractivity contribution in [1.29, 1.82) is 0 Å². The van der Waals surface area contributed by atoms with Crippen molar-refractivity contribution in [2.75, 3.05) is 0 Å². The molecule has 3 nitrogen and oxygen atoms in total. The molecule has 1 unspecified atom stereocenters. The minimum Gasteiger partial charge on any atom is -0.378 e. The summed E-state index contributed by atoms with van der Waals surface area (Å²) in [6, 6.07) is 0.134. The van der Waals surface area contributed by atoms with E-state index in [1.54, 1.807) is 0 Å². The number of hydrogen-bond donors (Lipinski definition) is 1. The van der Waals surface area contributed by atoms with Crippen LogP contribution in [0.25, 0.3) is 0 Å². The zero-order valence-electron chi connectivity index (χ0n) is 9.40. The topological polar surface area (TPSA) is 37.8 Å². The highest BCUT2D eigenvalue weighted by atomic mass is 15.0. The molecule has 1 N–H and O–H groups in total. The Bertz CT molecular complexity index is 474. The molecule has 1 aliphatic heterocycles. The summed E-state index contributed by atoms with van der Waals surface area (Å²) in [7, 11) is 0. The summed E-state index contributed by atoms with van der Waals surface area (Å²) in [6.45, 7) is 2.09. The molecule has 0 radical (unpaired) electrons. The number of nitrogens with zero attached hydrogens (tertiary/aromatic N) is 2.